The first-order valence-corrected chi connectivity index (χ1v) is 5.98. The second kappa shape index (κ2) is 6.63. The lowest BCUT2D eigenvalue weighted by Gasteiger charge is -2.29. The van der Waals surface area contributed by atoms with Gasteiger partial charge in [-0.1, -0.05) is 0 Å². The molecule has 3 atom stereocenters. The number of alkyl halides is 1. The average Bonchev–Trinajstić information content (AvgIpc) is 2.21. The number of aliphatic hydroxyl groups excluding tert-OH is 3. The van der Waals surface area contributed by atoms with E-state index in [4.69, 9.17) is 26.9 Å². The van der Waals surface area contributed by atoms with Gasteiger partial charge in [-0.3, -0.25) is 4.79 Å². The van der Waals surface area contributed by atoms with Crippen LogP contribution < -0.4 is 9.79 Å². The van der Waals surface area contributed by atoms with Crippen LogP contribution in [0, 0.1) is 0 Å². The van der Waals surface area contributed by atoms with E-state index in [1.807, 2.05) is 0 Å². The van der Waals surface area contributed by atoms with Gasteiger partial charge in [-0.05, 0) is 0 Å². The average molecular weight is 277 g/mol. The molecule has 0 amide bonds. The van der Waals surface area contributed by atoms with E-state index in [2.05, 4.69) is 4.52 Å². The van der Waals surface area contributed by atoms with Gasteiger partial charge in [-0.15, -0.1) is 11.6 Å². The second-order valence-electron chi connectivity index (χ2n) is 2.84. The summed E-state index contributed by atoms with van der Waals surface area (Å²) < 4.78 is 13.6. The van der Waals surface area contributed by atoms with Gasteiger partial charge in [0.05, 0.1) is 19.8 Å². The quantitative estimate of drug-likeness (QED) is 0.323. The third kappa shape index (κ3) is 5.88. The zero-order chi connectivity index (χ0) is 12.9. The topological polar surface area (TPSA) is 150 Å². The minimum atomic E-state index is -5.32. The lowest BCUT2D eigenvalue weighted by Crippen LogP contribution is -2.44. The highest BCUT2D eigenvalue weighted by molar-refractivity contribution is 7.43. The van der Waals surface area contributed by atoms with E-state index in [1.165, 1.54) is 0 Å². The Kier molecular flexibility index (Phi) is 6.61. The number of carbonyl (C=O) groups excluding carboxylic acids is 1. The van der Waals surface area contributed by atoms with Crippen LogP contribution in [0.3, 0.4) is 0 Å². The molecule has 96 valence electrons. The second-order valence-corrected chi connectivity index (χ2v) is 4.31. The normalized spacial score (nSPS) is 17.9. The van der Waals surface area contributed by atoms with Crippen molar-refractivity contribution in [2.24, 2.45) is 0 Å². The van der Waals surface area contributed by atoms with Crippen molar-refractivity contribution < 1.29 is 39.0 Å². The van der Waals surface area contributed by atoms with E-state index in [1.54, 1.807) is 0 Å². The molecule has 0 rings (SSSR count). The van der Waals surface area contributed by atoms with E-state index >= 15 is 0 Å². The van der Waals surface area contributed by atoms with Gasteiger partial charge in [-0.2, -0.15) is 0 Å². The van der Waals surface area contributed by atoms with Crippen molar-refractivity contribution >= 4 is 25.2 Å². The number of hydrogen-bond donors (Lipinski definition) is 3. The first kappa shape index (κ1) is 16.0. The minimum Gasteiger partial charge on any atom is -0.790 e. The van der Waals surface area contributed by atoms with Gasteiger partial charge >= 0.3 is 0 Å². The van der Waals surface area contributed by atoms with Gasteiger partial charge in [0, 0.05) is 0 Å². The van der Waals surface area contributed by atoms with Crippen LogP contribution in [0.25, 0.3) is 0 Å². The van der Waals surface area contributed by atoms with E-state index in [0.717, 1.165) is 0 Å². The molecule has 0 aliphatic heterocycles. The summed E-state index contributed by atoms with van der Waals surface area (Å²) in [6.45, 7) is -1.21. The molecule has 0 aromatic carbocycles. The van der Waals surface area contributed by atoms with Crippen LogP contribution in [0.5, 0.6) is 0 Å². The lowest BCUT2D eigenvalue weighted by molar-refractivity contribution is -0.341. The molecule has 0 saturated carbocycles. The zero-order valence-electron chi connectivity index (χ0n) is 7.85. The maximum absolute atomic E-state index is 11.0. The largest absolute Gasteiger partial charge is 0.790 e. The summed E-state index contributed by atoms with van der Waals surface area (Å²) in [6.07, 6.45) is -5.53. The van der Waals surface area contributed by atoms with Gasteiger partial charge in [0.15, 0.2) is 5.78 Å². The fourth-order valence-electron chi connectivity index (χ4n) is 0.720. The van der Waals surface area contributed by atoms with Crippen LogP contribution >= 0.6 is 19.4 Å². The van der Waals surface area contributed by atoms with Crippen molar-refractivity contribution in [2.45, 2.75) is 18.3 Å². The highest BCUT2D eigenvalue weighted by atomic mass is 35.5. The van der Waals surface area contributed by atoms with Gasteiger partial charge in [0.2, 0.25) is 0 Å². The summed E-state index contributed by atoms with van der Waals surface area (Å²) in [7, 11) is -5.32. The fourth-order valence-corrected chi connectivity index (χ4v) is 1.19. The smallest absolute Gasteiger partial charge is 0.189 e. The molecule has 0 fully saturated rings. The molecule has 0 spiro atoms. The molecule has 3 N–H and O–H groups in total. The van der Waals surface area contributed by atoms with Crippen LogP contribution in [0.2, 0.25) is 0 Å². The van der Waals surface area contributed by atoms with E-state index in [9.17, 15) is 19.1 Å². The molecule has 0 radical (unpaired) electrons. The van der Waals surface area contributed by atoms with Crippen LogP contribution in [0.1, 0.15) is 0 Å². The number of halogens is 1. The molecule has 0 aliphatic carbocycles. The van der Waals surface area contributed by atoms with Crippen molar-refractivity contribution in [2.75, 3.05) is 12.5 Å². The zero-order valence-corrected chi connectivity index (χ0v) is 9.50. The Labute approximate surface area is 95.7 Å². The molecule has 16 heavy (non-hydrogen) atoms. The summed E-state index contributed by atoms with van der Waals surface area (Å²) in [4.78, 5) is 31.0. The fraction of sp³-hybridized carbons (Fsp3) is 0.833. The number of phosphoric ester groups is 1. The number of rotatable bonds is 7. The maximum atomic E-state index is 11.0. The minimum absolute atomic E-state index is 0.437. The number of ketones is 1. The summed E-state index contributed by atoms with van der Waals surface area (Å²) in [5.41, 5.74) is 0. The summed E-state index contributed by atoms with van der Waals surface area (Å²) in [5.74, 6) is -1.70. The molecule has 0 saturated heterocycles. The molecular weight excluding hydrogens is 266 g/mol. The Morgan fingerprint density at radius 2 is 1.88 bits per heavy atom. The molecule has 0 aromatic heterocycles. The summed E-state index contributed by atoms with van der Waals surface area (Å²) in [6, 6.07) is 0. The van der Waals surface area contributed by atoms with Crippen molar-refractivity contribution in [1.29, 1.82) is 0 Å². The number of carbonyl (C=O) groups is 1. The maximum Gasteiger partial charge on any atom is 0.189 e. The number of hydrogen-bond acceptors (Lipinski definition) is 8. The molecule has 10 heteroatoms. The predicted octanol–water partition coefficient (Wildman–Crippen LogP) is -3.28. The van der Waals surface area contributed by atoms with Crippen molar-refractivity contribution in [1.82, 2.24) is 0 Å². The number of Topliss-reactive ketones (excluding diaryl/α,β-unsaturated/α-hetero) is 1. The predicted molar refractivity (Wildman–Crippen MR) is 47.3 cm³/mol. The Morgan fingerprint density at radius 3 is 2.25 bits per heavy atom. The molecule has 8 nitrogen and oxygen atoms in total. The van der Waals surface area contributed by atoms with E-state index in [0.29, 0.717) is 0 Å². The monoisotopic (exact) mass is 276 g/mol. The van der Waals surface area contributed by atoms with E-state index < -0.39 is 44.4 Å². The number of aliphatic hydroxyl groups is 3. The van der Waals surface area contributed by atoms with Crippen LogP contribution in [0.4, 0.5) is 0 Å². The van der Waals surface area contributed by atoms with Gasteiger partial charge in [-0.25, -0.2) is 0 Å². The van der Waals surface area contributed by atoms with Crippen molar-refractivity contribution in [3.63, 3.8) is 0 Å². The molecule has 0 bridgehead atoms. The Balaban J connectivity index is 4.23. The van der Waals surface area contributed by atoms with Gasteiger partial charge in [0.25, 0.3) is 0 Å². The highest BCUT2D eigenvalue weighted by Gasteiger charge is 2.29. The molecule has 2 unspecified atom stereocenters. The summed E-state index contributed by atoms with van der Waals surface area (Å²) in [5, 5.41) is 27.2. The Morgan fingerprint density at radius 1 is 1.38 bits per heavy atom. The van der Waals surface area contributed by atoms with Gasteiger partial charge < -0.3 is 34.2 Å². The van der Waals surface area contributed by atoms with Crippen LogP contribution in [-0.4, -0.2) is 51.9 Å². The first-order valence-electron chi connectivity index (χ1n) is 3.98. The van der Waals surface area contributed by atoms with Crippen LogP contribution in [-0.2, 0) is 13.9 Å². The van der Waals surface area contributed by atoms with E-state index in [-0.39, 0.29) is 0 Å². The van der Waals surface area contributed by atoms with Crippen molar-refractivity contribution in [3.8, 4) is 0 Å². The highest BCUT2D eigenvalue weighted by Crippen LogP contribution is 2.24. The summed E-state index contributed by atoms with van der Waals surface area (Å²) >= 11 is 5.14. The number of phosphoric acid groups is 1. The third-order valence-corrected chi connectivity index (χ3v) is 2.33. The molecular formula is C6H10ClO8P-2. The standard InChI is InChI=1S/C6H12ClO8P/c7-1-3(8)5(10)6(11)4(9)2-15-16(12,13)14/h3,5-6,8,10-11H,1-2H2,(H2,12,13,14)/p-2/t3-,5?,6?/m1/s1. The van der Waals surface area contributed by atoms with Crippen molar-refractivity contribution in [3.05, 3.63) is 0 Å². The molecule has 0 aliphatic rings. The molecule has 0 heterocycles. The lowest BCUT2D eigenvalue weighted by atomic mass is 10.1. The Hall–Kier alpha value is -0.0500. The SMILES string of the molecule is O=C(COP(=O)([O-])[O-])C(O)C(O)[C@H](O)CCl. The first-order chi connectivity index (χ1) is 7.19. The van der Waals surface area contributed by atoms with Gasteiger partial charge in [0.1, 0.15) is 18.8 Å². The molecule has 0 aromatic rings. The Bertz CT molecular complexity index is 278. The van der Waals surface area contributed by atoms with Crippen LogP contribution in [0.15, 0.2) is 0 Å². The third-order valence-electron chi connectivity index (χ3n) is 1.57.